The lowest BCUT2D eigenvalue weighted by atomic mass is 10.0. The van der Waals surface area contributed by atoms with Gasteiger partial charge in [0.15, 0.2) is 5.11 Å². The predicted octanol–water partition coefficient (Wildman–Crippen LogP) is 6.91. The molecule has 2 N–H and O–H groups in total. The number of carbonyl (C=O) groups excluding carboxylic acids is 1. The Labute approximate surface area is 233 Å². The molecular formula is C30H30ClN5OS. The average molecular weight is 544 g/mol. The van der Waals surface area contributed by atoms with Crippen LogP contribution in [-0.2, 0) is 4.79 Å². The second-order valence-corrected chi connectivity index (χ2v) is 10.7. The van der Waals surface area contributed by atoms with Crippen molar-refractivity contribution in [1.82, 2.24) is 14.9 Å². The molecule has 3 heterocycles. The summed E-state index contributed by atoms with van der Waals surface area (Å²) in [6.07, 6.45) is 3.87. The zero-order valence-corrected chi connectivity index (χ0v) is 23.3. The van der Waals surface area contributed by atoms with Gasteiger partial charge in [-0.05, 0) is 91.8 Å². The molecule has 5 rings (SSSR count). The normalized spacial score (nSPS) is 17.1. The number of nitrogens with one attached hydrogen (secondary N) is 2. The molecule has 4 aromatic rings. The molecule has 0 spiro atoms. The zero-order valence-electron chi connectivity index (χ0n) is 21.8. The van der Waals surface area contributed by atoms with Crippen molar-refractivity contribution in [2.24, 2.45) is 5.92 Å². The van der Waals surface area contributed by atoms with Crippen LogP contribution in [0.4, 0.5) is 11.4 Å². The van der Waals surface area contributed by atoms with E-state index in [1.807, 2.05) is 50.2 Å². The molecular weight excluding hydrogens is 514 g/mol. The number of amides is 1. The van der Waals surface area contributed by atoms with Gasteiger partial charge in [-0.1, -0.05) is 37.6 Å². The molecule has 0 aliphatic carbocycles. The minimum absolute atomic E-state index is 0.0858. The number of hydrogen-bond acceptors (Lipinski definition) is 3. The number of anilines is 2. The molecule has 1 aliphatic heterocycles. The summed E-state index contributed by atoms with van der Waals surface area (Å²) in [5.41, 5.74) is 6.90. The van der Waals surface area contributed by atoms with Crippen molar-refractivity contribution < 1.29 is 4.79 Å². The van der Waals surface area contributed by atoms with Gasteiger partial charge in [-0.15, -0.1) is 0 Å². The van der Waals surface area contributed by atoms with Gasteiger partial charge in [0.2, 0.25) is 5.91 Å². The molecule has 2 aromatic heterocycles. The predicted molar refractivity (Wildman–Crippen MR) is 158 cm³/mol. The van der Waals surface area contributed by atoms with E-state index in [-0.39, 0.29) is 23.9 Å². The average Bonchev–Trinajstić information content (AvgIpc) is 3.51. The fraction of sp³-hybridized carbons (Fsp3) is 0.233. The van der Waals surface area contributed by atoms with Gasteiger partial charge in [-0.25, -0.2) is 0 Å². The number of halogens is 1. The number of pyridine rings is 1. The van der Waals surface area contributed by atoms with E-state index in [4.69, 9.17) is 23.8 Å². The van der Waals surface area contributed by atoms with Crippen LogP contribution in [-0.4, -0.2) is 20.6 Å². The zero-order chi connectivity index (χ0) is 27.0. The SMILES string of the molecule is Cc1ccc(-n2cccc2[C@H]2[C@@H](c3ccccn3)NC(=S)N2c2ccc(NC(=O)C(C)C)c(Cl)c2)cc1C. The summed E-state index contributed by atoms with van der Waals surface area (Å²) in [6, 6.07) is 21.8. The molecule has 0 saturated carbocycles. The van der Waals surface area contributed by atoms with Crippen LogP contribution in [0, 0.1) is 19.8 Å². The maximum absolute atomic E-state index is 12.3. The quantitative estimate of drug-likeness (QED) is 0.259. The Kier molecular flexibility index (Phi) is 7.23. The second kappa shape index (κ2) is 10.6. The second-order valence-electron chi connectivity index (χ2n) is 9.88. The summed E-state index contributed by atoms with van der Waals surface area (Å²) < 4.78 is 2.20. The largest absolute Gasteiger partial charge is 0.351 e. The van der Waals surface area contributed by atoms with Crippen LogP contribution in [0.2, 0.25) is 5.02 Å². The maximum Gasteiger partial charge on any atom is 0.226 e. The number of rotatable bonds is 6. The molecule has 0 bridgehead atoms. The number of aromatic nitrogens is 2. The summed E-state index contributed by atoms with van der Waals surface area (Å²) in [4.78, 5) is 19.0. The van der Waals surface area contributed by atoms with E-state index >= 15 is 0 Å². The van der Waals surface area contributed by atoms with Gasteiger partial charge in [0, 0.05) is 35.4 Å². The number of thiocarbonyl (C=S) groups is 1. The third kappa shape index (κ3) is 4.91. The number of benzene rings is 2. The monoisotopic (exact) mass is 543 g/mol. The first-order chi connectivity index (χ1) is 18.2. The van der Waals surface area contributed by atoms with E-state index in [0.717, 1.165) is 22.8 Å². The third-order valence-electron chi connectivity index (χ3n) is 6.96. The van der Waals surface area contributed by atoms with Crippen LogP contribution in [0.5, 0.6) is 0 Å². The summed E-state index contributed by atoms with van der Waals surface area (Å²) in [5, 5.41) is 7.43. The number of nitrogens with zero attached hydrogens (tertiary/aromatic N) is 3. The van der Waals surface area contributed by atoms with Crippen molar-refractivity contribution in [1.29, 1.82) is 0 Å². The Morgan fingerprint density at radius 3 is 2.50 bits per heavy atom. The van der Waals surface area contributed by atoms with Crippen molar-refractivity contribution >= 4 is 46.2 Å². The fourth-order valence-electron chi connectivity index (χ4n) is 4.71. The summed E-state index contributed by atoms with van der Waals surface area (Å²) in [7, 11) is 0. The van der Waals surface area contributed by atoms with Crippen molar-refractivity contribution in [3.05, 3.63) is 107 Å². The molecule has 1 aliphatic rings. The molecule has 8 heteroatoms. The van der Waals surface area contributed by atoms with Gasteiger partial charge in [-0.3, -0.25) is 9.78 Å². The smallest absolute Gasteiger partial charge is 0.226 e. The highest BCUT2D eigenvalue weighted by atomic mass is 35.5. The van der Waals surface area contributed by atoms with Gasteiger partial charge >= 0.3 is 0 Å². The van der Waals surface area contributed by atoms with Crippen LogP contribution >= 0.6 is 23.8 Å². The third-order valence-corrected chi connectivity index (χ3v) is 7.59. The minimum atomic E-state index is -0.207. The van der Waals surface area contributed by atoms with Crippen molar-refractivity contribution in [2.45, 2.75) is 39.8 Å². The summed E-state index contributed by atoms with van der Waals surface area (Å²) in [6.45, 7) is 7.93. The van der Waals surface area contributed by atoms with Crippen molar-refractivity contribution in [3.63, 3.8) is 0 Å². The maximum atomic E-state index is 12.3. The highest BCUT2D eigenvalue weighted by molar-refractivity contribution is 7.80. The van der Waals surface area contributed by atoms with Gasteiger partial charge in [0.05, 0.1) is 22.4 Å². The van der Waals surface area contributed by atoms with Gasteiger partial charge in [0.1, 0.15) is 6.04 Å². The first-order valence-corrected chi connectivity index (χ1v) is 13.4. The molecule has 0 unspecified atom stereocenters. The molecule has 1 fully saturated rings. The Morgan fingerprint density at radius 2 is 1.82 bits per heavy atom. The van der Waals surface area contributed by atoms with Crippen molar-refractivity contribution in [2.75, 3.05) is 10.2 Å². The van der Waals surface area contributed by atoms with E-state index in [1.54, 1.807) is 6.20 Å². The Morgan fingerprint density at radius 1 is 1.03 bits per heavy atom. The fourth-order valence-corrected chi connectivity index (χ4v) is 5.28. The van der Waals surface area contributed by atoms with Crippen LogP contribution < -0.4 is 15.5 Å². The molecule has 2 atom stereocenters. The van der Waals surface area contributed by atoms with E-state index in [9.17, 15) is 4.79 Å². The standard InChI is InChI=1S/C30H30ClN5OS/c1-18(2)29(37)33-24-13-12-22(17-23(24)31)36-28(27(34-30(36)38)25-8-5-6-14-32-25)26-9-7-15-35(26)21-11-10-19(3)20(4)16-21/h5-18,27-28H,1-4H3,(H,33,37)(H,34,38)/t27-,28+/m1/s1. The molecule has 1 amide bonds. The first-order valence-electron chi connectivity index (χ1n) is 12.6. The van der Waals surface area contributed by atoms with E-state index in [1.165, 1.54) is 11.1 Å². The van der Waals surface area contributed by atoms with E-state index < -0.39 is 0 Å². The Bertz CT molecular complexity index is 1500. The van der Waals surface area contributed by atoms with Gasteiger partial charge in [0.25, 0.3) is 0 Å². The number of aryl methyl sites for hydroxylation is 2. The molecule has 1 saturated heterocycles. The summed E-state index contributed by atoms with van der Waals surface area (Å²) in [5.74, 6) is -0.236. The summed E-state index contributed by atoms with van der Waals surface area (Å²) >= 11 is 12.6. The van der Waals surface area contributed by atoms with Crippen LogP contribution in [0.1, 0.15) is 48.4 Å². The van der Waals surface area contributed by atoms with Gasteiger partial charge < -0.3 is 20.1 Å². The highest BCUT2D eigenvalue weighted by Gasteiger charge is 2.42. The van der Waals surface area contributed by atoms with Crippen LogP contribution in [0.15, 0.2) is 79.1 Å². The topological polar surface area (TPSA) is 62.2 Å². The Balaban J connectivity index is 1.61. The minimum Gasteiger partial charge on any atom is -0.351 e. The molecule has 194 valence electrons. The highest BCUT2D eigenvalue weighted by Crippen LogP contribution is 2.43. The van der Waals surface area contributed by atoms with Crippen LogP contribution in [0.25, 0.3) is 5.69 Å². The lowest BCUT2D eigenvalue weighted by Gasteiger charge is -2.29. The van der Waals surface area contributed by atoms with Gasteiger partial charge in [-0.2, -0.15) is 0 Å². The lowest BCUT2D eigenvalue weighted by Crippen LogP contribution is -2.30. The molecule has 2 aromatic carbocycles. The van der Waals surface area contributed by atoms with E-state index in [0.29, 0.717) is 15.8 Å². The first kappa shape index (κ1) is 25.9. The number of carbonyl (C=O) groups is 1. The Hall–Kier alpha value is -3.68. The van der Waals surface area contributed by atoms with E-state index in [2.05, 4.69) is 75.5 Å². The molecule has 38 heavy (non-hydrogen) atoms. The number of hydrogen-bond donors (Lipinski definition) is 2. The molecule has 0 radical (unpaired) electrons. The van der Waals surface area contributed by atoms with Crippen LogP contribution in [0.3, 0.4) is 0 Å². The molecule has 6 nitrogen and oxygen atoms in total. The van der Waals surface area contributed by atoms with Crippen molar-refractivity contribution in [3.8, 4) is 5.69 Å². The lowest BCUT2D eigenvalue weighted by molar-refractivity contribution is -0.118.